The molecule has 2 rings (SSSR count). The van der Waals surface area contributed by atoms with E-state index in [4.69, 9.17) is 0 Å². The third-order valence-corrected chi connectivity index (χ3v) is 2.87. The number of hydrogen-bond donors (Lipinski definition) is 1. The molecule has 20 heavy (non-hydrogen) atoms. The number of para-hydroxylation sites is 1. The van der Waals surface area contributed by atoms with E-state index in [2.05, 4.69) is 10.4 Å². The Hall–Kier alpha value is -2.70. The summed E-state index contributed by atoms with van der Waals surface area (Å²) in [6.45, 7) is 2.12. The molecule has 0 fully saturated rings. The first-order valence-corrected chi connectivity index (χ1v) is 6.00. The van der Waals surface area contributed by atoms with Gasteiger partial charge in [-0.1, -0.05) is 12.1 Å². The fourth-order valence-corrected chi connectivity index (χ4v) is 1.92. The summed E-state index contributed by atoms with van der Waals surface area (Å²) in [6, 6.07) is 7.71. The third kappa shape index (κ3) is 2.82. The van der Waals surface area contributed by atoms with Crippen LogP contribution in [0.4, 0.5) is 5.69 Å². The first kappa shape index (κ1) is 13.7. The number of nitrogens with zero attached hydrogens (tertiary/aromatic N) is 3. The van der Waals surface area contributed by atoms with Crippen molar-refractivity contribution in [1.82, 2.24) is 15.1 Å². The van der Waals surface area contributed by atoms with Crippen LogP contribution >= 0.6 is 0 Å². The van der Waals surface area contributed by atoms with Crippen molar-refractivity contribution >= 4 is 11.6 Å². The van der Waals surface area contributed by atoms with Crippen molar-refractivity contribution in [2.24, 2.45) is 7.05 Å². The van der Waals surface area contributed by atoms with Crippen LogP contribution in [0.5, 0.6) is 0 Å². The second-order valence-electron chi connectivity index (χ2n) is 4.36. The molecule has 0 saturated heterocycles. The quantitative estimate of drug-likeness (QED) is 0.676. The molecule has 1 N–H and O–H groups in total. The van der Waals surface area contributed by atoms with Gasteiger partial charge in [-0.25, -0.2) is 0 Å². The van der Waals surface area contributed by atoms with E-state index in [9.17, 15) is 14.9 Å². The molecule has 1 amide bonds. The molecule has 0 aliphatic rings. The van der Waals surface area contributed by atoms with Gasteiger partial charge in [-0.2, -0.15) is 5.10 Å². The number of rotatable bonds is 4. The van der Waals surface area contributed by atoms with E-state index in [1.54, 1.807) is 17.8 Å². The minimum Gasteiger partial charge on any atom is -0.346 e. The molecule has 0 aliphatic heterocycles. The van der Waals surface area contributed by atoms with Crippen molar-refractivity contribution in [1.29, 1.82) is 0 Å². The van der Waals surface area contributed by atoms with Gasteiger partial charge >= 0.3 is 0 Å². The Bertz CT molecular complexity index is 663. The number of nitro benzene ring substituents is 1. The predicted octanol–water partition coefficient (Wildman–Crippen LogP) is 1.57. The minimum absolute atomic E-state index is 0.0522. The fourth-order valence-electron chi connectivity index (χ4n) is 1.92. The lowest BCUT2D eigenvalue weighted by atomic mass is 10.1. The molecule has 0 radical (unpaired) electrons. The van der Waals surface area contributed by atoms with Crippen molar-refractivity contribution in [2.45, 2.75) is 13.5 Å². The van der Waals surface area contributed by atoms with E-state index in [0.29, 0.717) is 0 Å². The average molecular weight is 274 g/mol. The molecular weight excluding hydrogens is 260 g/mol. The Morgan fingerprint density at radius 1 is 1.45 bits per heavy atom. The molecule has 7 heteroatoms. The first-order valence-electron chi connectivity index (χ1n) is 6.00. The maximum Gasteiger partial charge on any atom is 0.282 e. The van der Waals surface area contributed by atoms with Gasteiger partial charge in [0.15, 0.2) is 0 Å². The van der Waals surface area contributed by atoms with Crippen molar-refractivity contribution in [3.05, 3.63) is 57.4 Å². The van der Waals surface area contributed by atoms with Crippen LogP contribution in [0.1, 0.15) is 21.7 Å². The largest absolute Gasteiger partial charge is 0.346 e. The van der Waals surface area contributed by atoms with E-state index in [-0.39, 0.29) is 17.8 Å². The Kier molecular flexibility index (Phi) is 3.79. The van der Waals surface area contributed by atoms with Crippen LogP contribution in [0, 0.1) is 17.0 Å². The van der Waals surface area contributed by atoms with Crippen LogP contribution in [0.15, 0.2) is 30.3 Å². The van der Waals surface area contributed by atoms with E-state index < -0.39 is 10.8 Å². The van der Waals surface area contributed by atoms with Gasteiger partial charge in [0.2, 0.25) is 0 Å². The van der Waals surface area contributed by atoms with Crippen LogP contribution < -0.4 is 5.32 Å². The molecule has 0 saturated carbocycles. The van der Waals surface area contributed by atoms with E-state index in [1.807, 2.05) is 13.0 Å². The molecular formula is C13H14N4O3. The summed E-state index contributed by atoms with van der Waals surface area (Å²) in [5.41, 5.74) is 1.53. The van der Waals surface area contributed by atoms with E-state index >= 15 is 0 Å². The van der Waals surface area contributed by atoms with Crippen molar-refractivity contribution in [2.75, 3.05) is 0 Å². The highest BCUT2D eigenvalue weighted by Crippen LogP contribution is 2.17. The summed E-state index contributed by atoms with van der Waals surface area (Å²) in [6.07, 6.45) is 0. The summed E-state index contributed by atoms with van der Waals surface area (Å²) in [4.78, 5) is 22.3. The zero-order chi connectivity index (χ0) is 14.7. The Morgan fingerprint density at radius 3 is 2.75 bits per heavy atom. The lowest BCUT2D eigenvalue weighted by Crippen LogP contribution is -2.24. The van der Waals surface area contributed by atoms with Gasteiger partial charge in [0.05, 0.1) is 22.9 Å². The van der Waals surface area contributed by atoms with Crippen molar-refractivity contribution in [3.63, 3.8) is 0 Å². The smallest absolute Gasteiger partial charge is 0.282 e. The zero-order valence-corrected chi connectivity index (χ0v) is 11.2. The summed E-state index contributed by atoms with van der Waals surface area (Å²) < 4.78 is 1.66. The van der Waals surface area contributed by atoms with Gasteiger partial charge in [-0.15, -0.1) is 0 Å². The van der Waals surface area contributed by atoms with Crippen molar-refractivity contribution in [3.8, 4) is 0 Å². The van der Waals surface area contributed by atoms with Gasteiger partial charge < -0.3 is 5.32 Å². The zero-order valence-electron chi connectivity index (χ0n) is 11.2. The number of hydrogen-bond acceptors (Lipinski definition) is 4. The summed E-state index contributed by atoms with van der Waals surface area (Å²) >= 11 is 0. The topological polar surface area (TPSA) is 90.1 Å². The van der Waals surface area contributed by atoms with Crippen LogP contribution in [0.3, 0.4) is 0 Å². The normalized spacial score (nSPS) is 10.3. The Labute approximate surface area is 115 Å². The number of amides is 1. The number of nitrogens with one attached hydrogen (secondary N) is 1. The highest BCUT2D eigenvalue weighted by molar-refractivity contribution is 5.98. The molecule has 0 unspecified atom stereocenters. The molecule has 104 valence electrons. The molecule has 1 heterocycles. The molecule has 1 aromatic heterocycles. The van der Waals surface area contributed by atoms with Crippen LogP contribution in [-0.4, -0.2) is 20.6 Å². The number of carbonyl (C=O) groups excluding carboxylic acids is 1. The second kappa shape index (κ2) is 5.52. The molecule has 0 atom stereocenters. The van der Waals surface area contributed by atoms with Crippen LogP contribution in [0.25, 0.3) is 0 Å². The Balaban J connectivity index is 2.13. The summed E-state index contributed by atoms with van der Waals surface area (Å²) in [5.74, 6) is -0.476. The lowest BCUT2D eigenvalue weighted by molar-refractivity contribution is -0.385. The Morgan fingerprint density at radius 2 is 2.15 bits per heavy atom. The first-order chi connectivity index (χ1) is 9.49. The number of carbonyl (C=O) groups is 1. The maximum absolute atomic E-state index is 12.0. The van der Waals surface area contributed by atoms with Crippen LogP contribution in [0.2, 0.25) is 0 Å². The molecule has 0 aliphatic carbocycles. The van der Waals surface area contributed by atoms with Gasteiger partial charge in [-0.3, -0.25) is 19.6 Å². The number of aromatic nitrogens is 2. The van der Waals surface area contributed by atoms with Gasteiger partial charge in [0, 0.05) is 13.1 Å². The number of benzene rings is 1. The third-order valence-electron chi connectivity index (χ3n) is 2.87. The molecule has 0 spiro atoms. The van der Waals surface area contributed by atoms with E-state index in [1.165, 1.54) is 18.2 Å². The average Bonchev–Trinajstić information content (AvgIpc) is 2.74. The SMILES string of the molecule is Cc1cc(CNC(=O)c2ccccc2[N+](=O)[O-])n(C)n1. The molecule has 2 aromatic rings. The minimum atomic E-state index is -0.566. The van der Waals surface area contributed by atoms with Gasteiger partial charge in [0.1, 0.15) is 5.56 Å². The van der Waals surface area contributed by atoms with E-state index in [0.717, 1.165) is 11.4 Å². The van der Waals surface area contributed by atoms with Crippen molar-refractivity contribution < 1.29 is 9.72 Å². The highest BCUT2D eigenvalue weighted by atomic mass is 16.6. The van der Waals surface area contributed by atoms with Gasteiger partial charge in [0.25, 0.3) is 11.6 Å². The standard InChI is InChI=1S/C13H14N4O3/c1-9-7-10(16(2)15-9)8-14-13(18)11-5-3-4-6-12(11)17(19)20/h3-7H,8H2,1-2H3,(H,14,18). The lowest BCUT2D eigenvalue weighted by Gasteiger charge is -2.06. The number of aryl methyl sites for hydroxylation is 2. The van der Waals surface area contributed by atoms with Gasteiger partial charge in [-0.05, 0) is 19.1 Å². The molecule has 7 nitrogen and oxygen atoms in total. The summed E-state index contributed by atoms with van der Waals surface area (Å²) in [5, 5.41) is 17.7. The number of nitro groups is 1. The monoisotopic (exact) mass is 274 g/mol. The fraction of sp³-hybridized carbons (Fsp3) is 0.231. The second-order valence-corrected chi connectivity index (χ2v) is 4.36. The highest BCUT2D eigenvalue weighted by Gasteiger charge is 2.19. The predicted molar refractivity (Wildman–Crippen MR) is 72.2 cm³/mol. The van der Waals surface area contributed by atoms with Crippen LogP contribution in [-0.2, 0) is 13.6 Å². The molecule has 1 aromatic carbocycles. The maximum atomic E-state index is 12.0. The summed E-state index contributed by atoms with van der Waals surface area (Å²) in [7, 11) is 1.78. The molecule has 0 bridgehead atoms.